The van der Waals surface area contributed by atoms with Crippen molar-refractivity contribution in [3.63, 3.8) is 0 Å². The molecular weight excluding hydrogens is 103 g/mol. The predicted octanol–water partition coefficient (Wildman–Crippen LogP) is 0.529. The van der Waals surface area contributed by atoms with E-state index in [4.69, 9.17) is 5.26 Å². The molecule has 0 aliphatic heterocycles. The van der Waals surface area contributed by atoms with Gasteiger partial charge < -0.3 is 4.52 Å². The minimum atomic E-state index is 1.18. The van der Waals surface area contributed by atoms with Gasteiger partial charge in [-0.3, -0.25) is 5.26 Å². The van der Waals surface area contributed by atoms with E-state index in [1.165, 1.54) is 7.11 Å². The van der Waals surface area contributed by atoms with E-state index in [0.717, 1.165) is 0 Å². The molecule has 0 aromatic carbocycles. The van der Waals surface area contributed by atoms with E-state index in [9.17, 15) is 0 Å². The highest BCUT2D eigenvalue weighted by atomic mass is 31.0. The maximum atomic E-state index is 7.07. The monoisotopic (exact) mass is 112 g/mol. The summed E-state index contributed by atoms with van der Waals surface area (Å²) in [5, 5.41) is 7.07. The van der Waals surface area contributed by atoms with E-state index in [2.05, 4.69) is 18.9 Å². The maximum absolute atomic E-state index is 7.07. The first-order valence-corrected chi connectivity index (χ1v) is 1.71. The van der Waals surface area contributed by atoms with Crippen molar-refractivity contribution in [2.24, 2.45) is 0 Å². The summed E-state index contributed by atoms with van der Waals surface area (Å²) in [5.74, 6) is 0. The van der Waals surface area contributed by atoms with Crippen LogP contribution in [-0.4, -0.2) is 19.5 Å². The third kappa shape index (κ3) is 491. The van der Waals surface area contributed by atoms with Gasteiger partial charge in [-0.1, -0.05) is 0 Å². The van der Waals surface area contributed by atoms with Crippen molar-refractivity contribution in [1.82, 2.24) is 0 Å². The quantitative estimate of drug-likeness (QED) is 0.282. The van der Waals surface area contributed by atoms with Gasteiger partial charge in [0.1, 0.15) is 0 Å². The van der Waals surface area contributed by atoms with Gasteiger partial charge in [-0.05, 0) is 9.47 Å². The third-order valence-electron chi connectivity index (χ3n) is 0. The van der Waals surface area contributed by atoms with Crippen LogP contribution in [0.2, 0.25) is 0 Å². The first-order valence-electron chi connectivity index (χ1n) is 1.23. The Balaban J connectivity index is 0. The van der Waals surface area contributed by atoms with E-state index in [1.807, 2.05) is 0 Å². The Morgan fingerprint density at radius 1 is 1.50 bits per heavy atom. The van der Waals surface area contributed by atoms with Gasteiger partial charge in [-0.15, -0.1) is 0 Å². The molecule has 0 bridgehead atoms. The highest BCUT2D eigenvalue weighted by molar-refractivity contribution is 7.09. The fourth-order valence-electron chi connectivity index (χ4n) is 0. The van der Waals surface area contributed by atoms with Crippen LogP contribution in [0.1, 0.15) is 0 Å². The minimum absolute atomic E-state index is 1.18. The zero-order valence-corrected chi connectivity index (χ0v) is 5.00. The molecular formula is C2H9O3P. The van der Waals surface area contributed by atoms with Crippen LogP contribution in [0, 0.1) is 0 Å². The predicted molar refractivity (Wildman–Crippen MR) is 26.4 cm³/mol. The summed E-state index contributed by atoms with van der Waals surface area (Å²) in [7, 11) is 4.85. The van der Waals surface area contributed by atoms with Crippen molar-refractivity contribution in [3.8, 4) is 0 Å². The molecule has 0 amide bonds. The maximum Gasteiger partial charge on any atom is 0.0710 e. The Morgan fingerprint density at radius 2 is 1.50 bits per heavy atom. The highest BCUT2D eigenvalue weighted by Crippen LogP contribution is 1.68. The SMILES string of the molecule is COO.COP. The van der Waals surface area contributed by atoms with Gasteiger partial charge in [-0.2, -0.15) is 0 Å². The summed E-state index contributed by atoms with van der Waals surface area (Å²) in [4.78, 5) is 3.25. The molecule has 1 atom stereocenters. The van der Waals surface area contributed by atoms with E-state index in [1.54, 1.807) is 7.11 Å². The molecule has 3 nitrogen and oxygen atoms in total. The van der Waals surface area contributed by atoms with Crippen molar-refractivity contribution in [2.75, 3.05) is 14.2 Å². The summed E-state index contributed by atoms with van der Waals surface area (Å²) in [6.45, 7) is 0. The smallest absolute Gasteiger partial charge is 0.0710 e. The topological polar surface area (TPSA) is 38.7 Å². The molecule has 0 rings (SSSR count). The van der Waals surface area contributed by atoms with E-state index in [-0.39, 0.29) is 0 Å². The molecule has 0 aromatic rings. The van der Waals surface area contributed by atoms with Gasteiger partial charge in [0.25, 0.3) is 0 Å². The Morgan fingerprint density at radius 3 is 1.50 bits per heavy atom. The summed E-state index contributed by atoms with van der Waals surface area (Å²) in [6.07, 6.45) is 0. The second kappa shape index (κ2) is 18.5. The average Bonchev–Trinajstić information content (AvgIpc) is 1.39. The Hall–Kier alpha value is 0.310. The summed E-state index contributed by atoms with van der Waals surface area (Å²) in [6, 6.07) is 0. The van der Waals surface area contributed by atoms with Crippen LogP contribution in [0.15, 0.2) is 0 Å². The molecule has 0 fully saturated rings. The van der Waals surface area contributed by atoms with Crippen LogP contribution in [0.4, 0.5) is 0 Å². The average molecular weight is 112 g/mol. The normalized spacial score (nSPS) is 6.00. The standard InChI is InChI=1S/CH4O2.CH5OP/c1-3-2;1-2-3/h2H,1H3;3H2,1H3. The molecule has 0 radical (unpaired) electrons. The van der Waals surface area contributed by atoms with Crippen LogP contribution in [0.3, 0.4) is 0 Å². The molecule has 6 heavy (non-hydrogen) atoms. The molecule has 0 saturated heterocycles. The van der Waals surface area contributed by atoms with Gasteiger partial charge >= 0.3 is 0 Å². The molecule has 0 aromatic heterocycles. The Kier molecular flexibility index (Phi) is 29.5. The lowest BCUT2D eigenvalue weighted by Gasteiger charge is -1.60. The van der Waals surface area contributed by atoms with Gasteiger partial charge in [-0.25, -0.2) is 4.89 Å². The summed E-state index contributed by atoms with van der Waals surface area (Å²) in [5.41, 5.74) is 0. The number of hydrogen-bond acceptors (Lipinski definition) is 3. The minimum Gasteiger partial charge on any atom is -0.369 e. The van der Waals surface area contributed by atoms with Crippen LogP contribution >= 0.6 is 9.47 Å². The molecule has 40 valence electrons. The van der Waals surface area contributed by atoms with Crippen LogP contribution in [-0.2, 0) is 9.41 Å². The Bertz CT molecular complexity index is 10.8. The van der Waals surface area contributed by atoms with Gasteiger partial charge in [0.15, 0.2) is 0 Å². The fourth-order valence-corrected chi connectivity index (χ4v) is 0. The largest absolute Gasteiger partial charge is 0.369 e. The number of hydrogen-bond donors (Lipinski definition) is 1. The Labute approximate surface area is 39.5 Å². The molecule has 0 aliphatic rings. The lowest BCUT2D eigenvalue weighted by molar-refractivity contribution is -0.214. The van der Waals surface area contributed by atoms with E-state index >= 15 is 0 Å². The van der Waals surface area contributed by atoms with Crippen molar-refractivity contribution >= 4 is 9.47 Å². The first kappa shape index (κ1) is 9.58. The van der Waals surface area contributed by atoms with Gasteiger partial charge in [0.2, 0.25) is 0 Å². The molecule has 1 N–H and O–H groups in total. The first-order chi connectivity index (χ1) is 2.83. The van der Waals surface area contributed by atoms with Gasteiger partial charge in [0, 0.05) is 7.11 Å². The molecule has 4 heteroatoms. The molecule has 0 spiro atoms. The lowest BCUT2D eigenvalue weighted by atomic mass is 11.8. The van der Waals surface area contributed by atoms with Gasteiger partial charge in [0.05, 0.1) is 7.11 Å². The molecule has 1 unspecified atom stereocenters. The van der Waals surface area contributed by atoms with E-state index in [0.29, 0.717) is 0 Å². The van der Waals surface area contributed by atoms with E-state index < -0.39 is 0 Å². The lowest BCUT2D eigenvalue weighted by Crippen LogP contribution is -1.57. The zero-order valence-electron chi connectivity index (χ0n) is 3.84. The second-order valence-corrected chi connectivity index (χ2v) is 0.890. The zero-order chi connectivity index (χ0) is 5.41. The summed E-state index contributed by atoms with van der Waals surface area (Å²) >= 11 is 0. The molecule has 0 saturated carbocycles. The van der Waals surface area contributed by atoms with Crippen LogP contribution in [0.5, 0.6) is 0 Å². The molecule has 0 aliphatic carbocycles. The van der Waals surface area contributed by atoms with Crippen molar-refractivity contribution < 1.29 is 14.7 Å². The number of rotatable bonds is 0. The highest BCUT2D eigenvalue weighted by Gasteiger charge is 1.26. The van der Waals surface area contributed by atoms with Crippen molar-refractivity contribution in [1.29, 1.82) is 0 Å². The third-order valence-corrected chi connectivity index (χ3v) is 0. The van der Waals surface area contributed by atoms with Crippen molar-refractivity contribution in [3.05, 3.63) is 0 Å². The fraction of sp³-hybridized carbons (Fsp3) is 1.00. The van der Waals surface area contributed by atoms with Crippen LogP contribution in [0.25, 0.3) is 0 Å². The van der Waals surface area contributed by atoms with Crippen LogP contribution < -0.4 is 0 Å². The van der Waals surface area contributed by atoms with Crippen molar-refractivity contribution in [2.45, 2.75) is 0 Å². The second-order valence-electron chi connectivity index (χ2n) is 0.418. The summed E-state index contributed by atoms with van der Waals surface area (Å²) < 4.78 is 4.17. The molecule has 0 heterocycles.